The number of carbonyl (C=O) groups excluding carboxylic acids is 1. The molecule has 1 amide bonds. The maximum Gasteiger partial charge on any atom is 0.255 e. The molecule has 0 unspecified atom stereocenters. The van der Waals surface area contributed by atoms with Crippen LogP contribution in [0, 0.1) is 6.92 Å². The smallest absolute Gasteiger partial charge is 0.255 e. The van der Waals surface area contributed by atoms with Gasteiger partial charge in [-0.05, 0) is 48.7 Å². The van der Waals surface area contributed by atoms with Crippen LogP contribution >= 0.6 is 15.9 Å². The fraction of sp³-hybridized carbons (Fsp3) is 0.235. The third-order valence-corrected chi connectivity index (χ3v) is 4.15. The third kappa shape index (κ3) is 4.16. The van der Waals surface area contributed by atoms with E-state index in [1.54, 1.807) is 7.11 Å². The number of amides is 1. The summed E-state index contributed by atoms with van der Waals surface area (Å²) >= 11 is 3.44. The van der Waals surface area contributed by atoms with Gasteiger partial charge in [-0.1, -0.05) is 34.1 Å². The first kappa shape index (κ1) is 15.7. The lowest BCUT2D eigenvalue weighted by molar-refractivity contribution is 0.102. The molecule has 0 atom stereocenters. The highest BCUT2D eigenvalue weighted by molar-refractivity contribution is 9.10. The molecule has 0 aliphatic rings. The number of methoxy groups -OCH3 is 1. The number of aryl methyl sites for hydroxylation is 1. The SMILES string of the molecule is COCCc1ccccc1NC(=O)c1ccc(Br)c(C)c1. The van der Waals surface area contributed by atoms with Gasteiger partial charge in [0.1, 0.15) is 0 Å². The van der Waals surface area contributed by atoms with Gasteiger partial charge in [0.15, 0.2) is 0 Å². The van der Waals surface area contributed by atoms with E-state index in [9.17, 15) is 4.79 Å². The van der Waals surface area contributed by atoms with Gasteiger partial charge < -0.3 is 10.1 Å². The van der Waals surface area contributed by atoms with Crippen LogP contribution in [0.15, 0.2) is 46.9 Å². The summed E-state index contributed by atoms with van der Waals surface area (Å²) in [5.41, 5.74) is 3.59. The number of carbonyl (C=O) groups is 1. The average molecular weight is 348 g/mol. The summed E-state index contributed by atoms with van der Waals surface area (Å²) in [4.78, 5) is 12.3. The van der Waals surface area contributed by atoms with E-state index in [2.05, 4.69) is 21.2 Å². The summed E-state index contributed by atoms with van der Waals surface area (Å²) < 4.78 is 6.10. The van der Waals surface area contributed by atoms with E-state index in [0.717, 1.165) is 27.7 Å². The number of hydrogen-bond acceptors (Lipinski definition) is 2. The molecular weight excluding hydrogens is 330 g/mol. The Labute approximate surface area is 133 Å². The average Bonchev–Trinajstić information content (AvgIpc) is 2.49. The molecule has 0 aliphatic heterocycles. The van der Waals surface area contributed by atoms with E-state index >= 15 is 0 Å². The van der Waals surface area contributed by atoms with Gasteiger partial charge in [0.2, 0.25) is 0 Å². The molecule has 0 fully saturated rings. The number of ether oxygens (including phenoxy) is 1. The maximum absolute atomic E-state index is 12.3. The summed E-state index contributed by atoms with van der Waals surface area (Å²) in [5.74, 6) is -0.101. The first-order chi connectivity index (χ1) is 10.1. The van der Waals surface area contributed by atoms with Gasteiger partial charge in [-0.15, -0.1) is 0 Å². The van der Waals surface area contributed by atoms with Gasteiger partial charge >= 0.3 is 0 Å². The Hall–Kier alpha value is -1.65. The normalized spacial score (nSPS) is 10.4. The summed E-state index contributed by atoms with van der Waals surface area (Å²) in [7, 11) is 1.67. The zero-order valence-corrected chi connectivity index (χ0v) is 13.7. The Bertz CT molecular complexity index is 640. The van der Waals surface area contributed by atoms with Crippen molar-refractivity contribution in [2.75, 3.05) is 19.0 Å². The van der Waals surface area contributed by atoms with Crippen LogP contribution in [-0.2, 0) is 11.2 Å². The molecule has 0 heterocycles. The predicted molar refractivity (Wildman–Crippen MR) is 88.9 cm³/mol. The number of anilines is 1. The molecule has 4 heteroatoms. The second-order valence-corrected chi connectivity index (χ2v) is 5.67. The monoisotopic (exact) mass is 347 g/mol. The van der Waals surface area contributed by atoms with Gasteiger partial charge in [0.05, 0.1) is 6.61 Å². The van der Waals surface area contributed by atoms with Crippen molar-refractivity contribution < 1.29 is 9.53 Å². The Morgan fingerprint density at radius 1 is 1.24 bits per heavy atom. The largest absolute Gasteiger partial charge is 0.384 e. The molecule has 0 spiro atoms. The van der Waals surface area contributed by atoms with Crippen molar-refractivity contribution >= 4 is 27.5 Å². The van der Waals surface area contributed by atoms with Crippen LogP contribution < -0.4 is 5.32 Å². The summed E-state index contributed by atoms with van der Waals surface area (Å²) in [6, 6.07) is 13.4. The lowest BCUT2D eigenvalue weighted by Crippen LogP contribution is -2.14. The maximum atomic E-state index is 12.3. The highest BCUT2D eigenvalue weighted by Crippen LogP contribution is 2.20. The van der Waals surface area contributed by atoms with Crippen LogP contribution in [-0.4, -0.2) is 19.6 Å². The van der Waals surface area contributed by atoms with E-state index in [0.29, 0.717) is 12.2 Å². The fourth-order valence-corrected chi connectivity index (χ4v) is 2.30. The molecule has 3 nitrogen and oxygen atoms in total. The highest BCUT2D eigenvalue weighted by Gasteiger charge is 2.10. The van der Waals surface area contributed by atoms with Gasteiger partial charge in [-0.25, -0.2) is 0 Å². The van der Waals surface area contributed by atoms with Crippen molar-refractivity contribution in [3.05, 3.63) is 63.6 Å². The second kappa shape index (κ2) is 7.38. The van der Waals surface area contributed by atoms with Crippen LogP contribution in [0.4, 0.5) is 5.69 Å². The molecule has 0 radical (unpaired) electrons. The van der Waals surface area contributed by atoms with Gasteiger partial charge in [-0.3, -0.25) is 4.79 Å². The summed E-state index contributed by atoms with van der Waals surface area (Å²) in [6.07, 6.45) is 0.770. The Morgan fingerprint density at radius 2 is 2.00 bits per heavy atom. The molecule has 0 saturated heterocycles. The second-order valence-electron chi connectivity index (χ2n) is 4.82. The lowest BCUT2D eigenvalue weighted by Gasteiger charge is -2.11. The number of hydrogen-bond donors (Lipinski definition) is 1. The zero-order chi connectivity index (χ0) is 15.2. The predicted octanol–water partition coefficient (Wildman–Crippen LogP) is 4.20. The third-order valence-electron chi connectivity index (χ3n) is 3.26. The van der Waals surface area contributed by atoms with Crippen LogP contribution in [0.5, 0.6) is 0 Å². The van der Waals surface area contributed by atoms with E-state index in [1.165, 1.54) is 0 Å². The fourth-order valence-electron chi connectivity index (χ4n) is 2.05. The van der Waals surface area contributed by atoms with Crippen LogP contribution in [0.1, 0.15) is 21.5 Å². The minimum atomic E-state index is -0.101. The van der Waals surface area contributed by atoms with Crippen molar-refractivity contribution in [1.29, 1.82) is 0 Å². The number of halogens is 1. The molecule has 2 aromatic rings. The molecule has 2 aromatic carbocycles. The van der Waals surface area contributed by atoms with Crippen molar-refractivity contribution in [3.8, 4) is 0 Å². The number of nitrogens with one attached hydrogen (secondary N) is 1. The van der Waals surface area contributed by atoms with Crippen molar-refractivity contribution in [3.63, 3.8) is 0 Å². The first-order valence-electron chi connectivity index (χ1n) is 6.76. The van der Waals surface area contributed by atoms with E-state index in [4.69, 9.17) is 4.74 Å². The lowest BCUT2D eigenvalue weighted by atomic mass is 10.1. The minimum Gasteiger partial charge on any atom is -0.384 e. The molecule has 0 aliphatic carbocycles. The molecule has 0 bridgehead atoms. The Morgan fingerprint density at radius 3 is 2.71 bits per heavy atom. The first-order valence-corrected chi connectivity index (χ1v) is 7.55. The van der Waals surface area contributed by atoms with Gasteiger partial charge in [0.25, 0.3) is 5.91 Å². The molecule has 2 rings (SSSR count). The molecular formula is C17H18BrNO2. The van der Waals surface area contributed by atoms with Gasteiger partial charge in [0, 0.05) is 22.8 Å². The standard InChI is InChI=1S/C17H18BrNO2/c1-12-11-14(7-8-15(12)18)17(20)19-16-6-4-3-5-13(16)9-10-21-2/h3-8,11H,9-10H2,1-2H3,(H,19,20). The summed E-state index contributed by atoms with van der Waals surface area (Å²) in [5, 5.41) is 2.97. The van der Waals surface area contributed by atoms with E-state index < -0.39 is 0 Å². The summed E-state index contributed by atoms with van der Waals surface area (Å²) in [6.45, 7) is 2.59. The van der Waals surface area contributed by atoms with Crippen LogP contribution in [0.3, 0.4) is 0 Å². The van der Waals surface area contributed by atoms with E-state index in [-0.39, 0.29) is 5.91 Å². The molecule has 1 N–H and O–H groups in total. The molecule has 21 heavy (non-hydrogen) atoms. The van der Waals surface area contributed by atoms with Gasteiger partial charge in [-0.2, -0.15) is 0 Å². The quantitative estimate of drug-likeness (QED) is 0.880. The van der Waals surface area contributed by atoms with Crippen molar-refractivity contribution in [2.24, 2.45) is 0 Å². The Kier molecular flexibility index (Phi) is 5.53. The van der Waals surface area contributed by atoms with Crippen molar-refractivity contribution in [1.82, 2.24) is 0 Å². The molecule has 0 saturated carbocycles. The molecule has 110 valence electrons. The van der Waals surface area contributed by atoms with E-state index in [1.807, 2.05) is 49.4 Å². The Balaban J connectivity index is 2.17. The topological polar surface area (TPSA) is 38.3 Å². The van der Waals surface area contributed by atoms with Crippen LogP contribution in [0.2, 0.25) is 0 Å². The number of para-hydroxylation sites is 1. The minimum absolute atomic E-state index is 0.101. The van der Waals surface area contributed by atoms with Crippen molar-refractivity contribution in [2.45, 2.75) is 13.3 Å². The van der Waals surface area contributed by atoms with Crippen LogP contribution in [0.25, 0.3) is 0 Å². The highest BCUT2D eigenvalue weighted by atomic mass is 79.9. The molecule has 0 aromatic heterocycles. The zero-order valence-electron chi connectivity index (χ0n) is 12.2. The number of benzene rings is 2. The number of rotatable bonds is 5.